The average Bonchev–Trinajstić information content (AvgIpc) is 2.18. The monoisotopic (exact) mass is 172 g/mol. The van der Waals surface area contributed by atoms with Crippen molar-refractivity contribution in [1.29, 1.82) is 0 Å². The zero-order chi connectivity index (χ0) is 9.68. The number of allylic oxidation sites excluding steroid dienone is 2. The summed E-state index contributed by atoms with van der Waals surface area (Å²) < 4.78 is 0. The number of carbonyl (C=O) groups is 1. The van der Waals surface area contributed by atoms with Crippen LogP contribution >= 0.6 is 0 Å². The molecule has 0 aliphatic carbocycles. The number of carbonyl (C=O) groups excluding carboxylic acids is 1. The van der Waals surface area contributed by atoms with Crippen LogP contribution in [0.5, 0.6) is 0 Å². The predicted molar refractivity (Wildman–Crippen MR) is 54.7 cm³/mol. The molecule has 0 heterocycles. The minimum Gasteiger partial charge on any atom is -0.289 e. The molecule has 0 aliphatic heterocycles. The van der Waals surface area contributed by atoms with Crippen LogP contribution in [0.1, 0.15) is 16.8 Å². The predicted octanol–water partition coefficient (Wildman–Crippen LogP) is 3.00. The lowest BCUT2D eigenvalue weighted by Gasteiger charge is -2.00. The van der Waals surface area contributed by atoms with Crippen molar-refractivity contribution in [2.45, 2.75) is 6.42 Å². The Morgan fingerprint density at radius 1 is 1.31 bits per heavy atom. The van der Waals surface area contributed by atoms with Gasteiger partial charge in [0.05, 0.1) is 0 Å². The summed E-state index contributed by atoms with van der Waals surface area (Å²) in [6.07, 6.45) is 2.23. The molecule has 0 unspecified atom stereocenters. The van der Waals surface area contributed by atoms with Crippen LogP contribution in [-0.2, 0) is 0 Å². The molecule has 1 heteroatoms. The molecular formula is C12H12O. The van der Waals surface area contributed by atoms with Gasteiger partial charge >= 0.3 is 0 Å². The molecule has 0 N–H and O–H groups in total. The van der Waals surface area contributed by atoms with Gasteiger partial charge in [-0.25, -0.2) is 0 Å². The molecule has 0 aromatic heterocycles. The van der Waals surface area contributed by atoms with Crippen LogP contribution in [0.3, 0.4) is 0 Å². The first-order valence-corrected chi connectivity index (χ1v) is 4.14. The van der Waals surface area contributed by atoms with Gasteiger partial charge in [0.1, 0.15) is 0 Å². The maximum atomic E-state index is 11.6. The molecule has 13 heavy (non-hydrogen) atoms. The first-order chi connectivity index (χ1) is 6.25. The summed E-state index contributed by atoms with van der Waals surface area (Å²) in [6, 6.07) is 9.14. The van der Waals surface area contributed by atoms with Crippen LogP contribution < -0.4 is 0 Å². The summed E-state index contributed by atoms with van der Waals surface area (Å²) in [5.74, 6) is 0.000463. The maximum Gasteiger partial charge on any atom is 0.188 e. The van der Waals surface area contributed by atoms with Gasteiger partial charge in [0, 0.05) is 5.56 Å². The summed E-state index contributed by atoms with van der Waals surface area (Å²) in [7, 11) is 0. The van der Waals surface area contributed by atoms with Crippen LogP contribution in [-0.4, -0.2) is 5.78 Å². The maximum absolute atomic E-state index is 11.6. The SMILES string of the molecule is C=CCC(=C)C(=O)c1ccccc1. The fraction of sp³-hybridized carbons (Fsp3) is 0.0833. The normalized spacial score (nSPS) is 9.23. The third-order valence-corrected chi connectivity index (χ3v) is 1.75. The quantitative estimate of drug-likeness (QED) is 0.387. The summed E-state index contributed by atoms with van der Waals surface area (Å²) in [6.45, 7) is 7.26. The Balaban J connectivity index is 2.80. The van der Waals surface area contributed by atoms with Crippen LogP contribution in [0.4, 0.5) is 0 Å². The van der Waals surface area contributed by atoms with E-state index in [1.54, 1.807) is 18.2 Å². The van der Waals surface area contributed by atoms with E-state index in [0.717, 1.165) is 0 Å². The van der Waals surface area contributed by atoms with E-state index in [-0.39, 0.29) is 5.78 Å². The van der Waals surface area contributed by atoms with E-state index in [0.29, 0.717) is 17.6 Å². The van der Waals surface area contributed by atoms with Gasteiger partial charge in [-0.15, -0.1) is 6.58 Å². The number of hydrogen-bond donors (Lipinski definition) is 0. The summed E-state index contributed by atoms with van der Waals surface area (Å²) >= 11 is 0. The van der Waals surface area contributed by atoms with Crippen molar-refractivity contribution >= 4 is 5.78 Å². The molecule has 0 spiro atoms. The van der Waals surface area contributed by atoms with Crippen molar-refractivity contribution in [3.05, 3.63) is 60.7 Å². The molecule has 1 aromatic rings. The fourth-order valence-electron chi connectivity index (χ4n) is 1.06. The van der Waals surface area contributed by atoms with Crippen LogP contribution in [0.25, 0.3) is 0 Å². The molecule has 1 rings (SSSR count). The molecule has 0 bridgehead atoms. The first kappa shape index (κ1) is 9.46. The second-order valence-electron chi connectivity index (χ2n) is 2.79. The van der Waals surface area contributed by atoms with Gasteiger partial charge in [0.15, 0.2) is 5.78 Å². The van der Waals surface area contributed by atoms with Crippen LogP contribution in [0, 0.1) is 0 Å². The number of Topliss-reactive ketones (excluding diaryl/α,β-unsaturated/α-hetero) is 1. The molecule has 0 amide bonds. The van der Waals surface area contributed by atoms with Crippen molar-refractivity contribution < 1.29 is 4.79 Å². The Morgan fingerprint density at radius 2 is 1.92 bits per heavy atom. The van der Waals surface area contributed by atoms with Crippen molar-refractivity contribution in [2.75, 3.05) is 0 Å². The minimum atomic E-state index is 0.000463. The lowest BCUT2D eigenvalue weighted by Crippen LogP contribution is -2.00. The Hall–Kier alpha value is -1.63. The third-order valence-electron chi connectivity index (χ3n) is 1.75. The third kappa shape index (κ3) is 2.41. The Morgan fingerprint density at radius 3 is 2.46 bits per heavy atom. The first-order valence-electron chi connectivity index (χ1n) is 4.14. The molecular weight excluding hydrogens is 160 g/mol. The lowest BCUT2D eigenvalue weighted by atomic mass is 10.0. The van der Waals surface area contributed by atoms with E-state index in [4.69, 9.17) is 0 Å². The smallest absolute Gasteiger partial charge is 0.188 e. The largest absolute Gasteiger partial charge is 0.289 e. The van der Waals surface area contributed by atoms with Crippen molar-refractivity contribution in [1.82, 2.24) is 0 Å². The van der Waals surface area contributed by atoms with E-state index in [2.05, 4.69) is 13.2 Å². The fourth-order valence-corrected chi connectivity index (χ4v) is 1.06. The summed E-state index contributed by atoms with van der Waals surface area (Å²) in [5, 5.41) is 0. The lowest BCUT2D eigenvalue weighted by molar-refractivity contribution is 0.103. The van der Waals surface area contributed by atoms with Crippen molar-refractivity contribution in [3.63, 3.8) is 0 Å². The summed E-state index contributed by atoms with van der Waals surface area (Å²) in [5.41, 5.74) is 1.27. The highest BCUT2D eigenvalue weighted by atomic mass is 16.1. The van der Waals surface area contributed by atoms with Crippen LogP contribution in [0.15, 0.2) is 55.1 Å². The number of hydrogen-bond acceptors (Lipinski definition) is 1. The molecule has 66 valence electrons. The Bertz CT molecular complexity index is 322. The van der Waals surface area contributed by atoms with Gasteiger partial charge in [-0.2, -0.15) is 0 Å². The standard InChI is InChI=1S/C12H12O/c1-3-7-10(2)12(13)11-8-5-4-6-9-11/h3-6,8-9H,1-2,7H2. The highest BCUT2D eigenvalue weighted by molar-refractivity contribution is 6.08. The van der Waals surface area contributed by atoms with Gasteiger partial charge in [-0.3, -0.25) is 4.79 Å². The highest BCUT2D eigenvalue weighted by Crippen LogP contribution is 2.09. The summed E-state index contributed by atoms with van der Waals surface area (Å²) in [4.78, 5) is 11.6. The van der Waals surface area contributed by atoms with E-state index in [1.165, 1.54) is 0 Å². The Kier molecular flexibility index (Phi) is 3.21. The van der Waals surface area contributed by atoms with Crippen molar-refractivity contribution in [2.24, 2.45) is 0 Å². The number of benzene rings is 1. The van der Waals surface area contributed by atoms with E-state index in [1.807, 2.05) is 18.2 Å². The zero-order valence-electron chi connectivity index (χ0n) is 7.49. The number of ketones is 1. The number of rotatable bonds is 4. The molecule has 0 fully saturated rings. The van der Waals surface area contributed by atoms with Gasteiger partial charge < -0.3 is 0 Å². The second-order valence-corrected chi connectivity index (χ2v) is 2.79. The molecule has 0 saturated heterocycles. The molecule has 0 atom stereocenters. The Labute approximate surface area is 78.4 Å². The van der Waals surface area contributed by atoms with Gasteiger partial charge in [-0.05, 0) is 12.0 Å². The van der Waals surface area contributed by atoms with E-state index in [9.17, 15) is 4.79 Å². The highest BCUT2D eigenvalue weighted by Gasteiger charge is 2.06. The molecule has 0 saturated carbocycles. The molecule has 0 radical (unpaired) electrons. The molecule has 1 aromatic carbocycles. The van der Waals surface area contributed by atoms with Crippen LogP contribution in [0.2, 0.25) is 0 Å². The minimum absolute atomic E-state index is 0.000463. The molecule has 1 nitrogen and oxygen atoms in total. The van der Waals surface area contributed by atoms with E-state index >= 15 is 0 Å². The average molecular weight is 172 g/mol. The van der Waals surface area contributed by atoms with Crippen molar-refractivity contribution in [3.8, 4) is 0 Å². The van der Waals surface area contributed by atoms with E-state index < -0.39 is 0 Å². The second kappa shape index (κ2) is 4.41. The van der Waals surface area contributed by atoms with Gasteiger partial charge in [-0.1, -0.05) is 43.0 Å². The topological polar surface area (TPSA) is 17.1 Å². The van der Waals surface area contributed by atoms with Gasteiger partial charge in [0.2, 0.25) is 0 Å². The molecule has 0 aliphatic rings. The van der Waals surface area contributed by atoms with Gasteiger partial charge in [0.25, 0.3) is 0 Å². The zero-order valence-corrected chi connectivity index (χ0v) is 7.49.